The Bertz CT molecular complexity index is 245. The van der Waals surface area contributed by atoms with Crippen LogP contribution in [0.25, 0.3) is 0 Å². The molecule has 0 radical (unpaired) electrons. The zero-order valence-corrected chi connectivity index (χ0v) is 11.4. The van der Waals surface area contributed by atoms with Crippen molar-refractivity contribution in [3.05, 3.63) is 0 Å². The summed E-state index contributed by atoms with van der Waals surface area (Å²) in [5, 5.41) is 0. The van der Waals surface area contributed by atoms with Gasteiger partial charge >= 0.3 is 0 Å². The molecule has 0 aromatic carbocycles. The second-order valence-electron chi connectivity index (χ2n) is 5.57. The first kappa shape index (κ1) is 13.2. The lowest BCUT2D eigenvalue weighted by molar-refractivity contribution is -0.134. The predicted octanol–water partition coefficient (Wildman–Crippen LogP) is 3.58. The molecule has 0 heterocycles. The van der Waals surface area contributed by atoms with Crippen molar-refractivity contribution in [2.45, 2.75) is 63.8 Å². The number of hydrogen-bond acceptors (Lipinski definition) is 1. The Hall–Kier alpha value is -0.240. The van der Waals surface area contributed by atoms with E-state index in [1.165, 1.54) is 51.4 Å². The quantitative estimate of drug-likeness (QED) is 0.690. The molecule has 0 aliphatic heterocycles. The van der Waals surface area contributed by atoms with Crippen LogP contribution < -0.4 is 0 Å². The molecule has 0 N–H and O–H groups in total. The number of rotatable bonds is 5. The van der Waals surface area contributed by atoms with E-state index in [0.717, 1.165) is 13.0 Å². The number of alkyl halides is 1. The molecule has 98 valence electrons. The summed E-state index contributed by atoms with van der Waals surface area (Å²) in [4.78, 5) is 14.4. The van der Waals surface area contributed by atoms with Crippen LogP contribution in [0.5, 0.6) is 0 Å². The number of nitrogens with zero attached hydrogens (tertiary/aromatic N) is 1. The molecule has 0 saturated heterocycles. The molecular formula is C14H24ClNO. The highest BCUT2D eigenvalue weighted by molar-refractivity contribution is 6.18. The molecule has 2 rings (SSSR count). The SMILES string of the molecule is O=C(CC1CCCC1)N(CCCl)C1CCCC1. The van der Waals surface area contributed by atoms with Gasteiger partial charge in [0.05, 0.1) is 0 Å². The van der Waals surface area contributed by atoms with Gasteiger partial charge in [-0.2, -0.15) is 0 Å². The number of hydrogen-bond donors (Lipinski definition) is 0. The van der Waals surface area contributed by atoms with E-state index in [1.807, 2.05) is 0 Å². The van der Waals surface area contributed by atoms with E-state index in [2.05, 4.69) is 4.90 Å². The van der Waals surface area contributed by atoms with Gasteiger partial charge in [-0.05, 0) is 31.6 Å². The fourth-order valence-corrected chi connectivity index (χ4v) is 3.58. The summed E-state index contributed by atoms with van der Waals surface area (Å²) in [5.74, 6) is 1.60. The van der Waals surface area contributed by atoms with Gasteiger partial charge in [-0.15, -0.1) is 11.6 Å². The zero-order chi connectivity index (χ0) is 12.1. The molecule has 0 bridgehead atoms. The molecule has 2 fully saturated rings. The van der Waals surface area contributed by atoms with Crippen LogP contribution in [-0.2, 0) is 4.79 Å². The fourth-order valence-electron chi connectivity index (χ4n) is 3.40. The molecule has 0 aromatic rings. The molecule has 2 nitrogen and oxygen atoms in total. The topological polar surface area (TPSA) is 20.3 Å². The Morgan fingerprint density at radius 2 is 1.65 bits per heavy atom. The van der Waals surface area contributed by atoms with Crippen LogP contribution in [0, 0.1) is 5.92 Å². The average molecular weight is 258 g/mol. The van der Waals surface area contributed by atoms with Gasteiger partial charge in [-0.25, -0.2) is 0 Å². The van der Waals surface area contributed by atoms with Crippen molar-refractivity contribution in [2.75, 3.05) is 12.4 Å². The second kappa shape index (κ2) is 6.63. The minimum absolute atomic E-state index is 0.365. The highest BCUT2D eigenvalue weighted by Gasteiger charge is 2.28. The highest BCUT2D eigenvalue weighted by Crippen LogP contribution is 2.30. The summed E-state index contributed by atoms with van der Waals surface area (Å²) in [6.45, 7) is 0.748. The summed E-state index contributed by atoms with van der Waals surface area (Å²) in [5.41, 5.74) is 0. The van der Waals surface area contributed by atoms with Crippen LogP contribution in [0.2, 0.25) is 0 Å². The summed E-state index contributed by atoms with van der Waals surface area (Å²) in [7, 11) is 0. The van der Waals surface area contributed by atoms with Crippen molar-refractivity contribution >= 4 is 17.5 Å². The first-order valence-corrected chi connectivity index (χ1v) is 7.70. The maximum atomic E-state index is 12.3. The maximum absolute atomic E-state index is 12.3. The Morgan fingerprint density at radius 3 is 2.24 bits per heavy atom. The van der Waals surface area contributed by atoms with E-state index >= 15 is 0 Å². The predicted molar refractivity (Wildman–Crippen MR) is 71.3 cm³/mol. The van der Waals surface area contributed by atoms with Crippen LogP contribution in [0.1, 0.15) is 57.8 Å². The van der Waals surface area contributed by atoms with Crippen LogP contribution >= 0.6 is 11.6 Å². The van der Waals surface area contributed by atoms with E-state index in [9.17, 15) is 4.79 Å². The Labute approximate surface area is 110 Å². The molecular weight excluding hydrogens is 234 g/mol. The van der Waals surface area contributed by atoms with E-state index in [0.29, 0.717) is 23.7 Å². The highest BCUT2D eigenvalue weighted by atomic mass is 35.5. The minimum atomic E-state index is 0.365. The number of carbonyl (C=O) groups is 1. The van der Waals surface area contributed by atoms with E-state index in [4.69, 9.17) is 11.6 Å². The van der Waals surface area contributed by atoms with Gasteiger partial charge in [0.15, 0.2) is 0 Å². The first-order chi connectivity index (χ1) is 8.31. The maximum Gasteiger partial charge on any atom is 0.223 e. The lowest BCUT2D eigenvalue weighted by atomic mass is 10.0. The monoisotopic (exact) mass is 257 g/mol. The molecule has 1 amide bonds. The summed E-state index contributed by atoms with van der Waals surface area (Å²) in [6, 6.07) is 0.489. The van der Waals surface area contributed by atoms with Gasteiger partial charge in [0.25, 0.3) is 0 Å². The third kappa shape index (κ3) is 3.61. The van der Waals surface area contributed by atoms with Crippen molar-refractivity contribution in [3.8, 4) is 0 Å². The van der Waals surface area contributed by atoms with Gasteiger partial charge in [-0.3, -0.25) is 4.79 Å². The Morgan fingerprint density at radius 1 is 1.06 bits per heavy atom. The molecule has 0 unspecified atom stereocenters. The third-order valence-corrected chi connectivity index (χ3v) is 4.52. The average Bonchev–Trinajstić information content (AvgIpc) is 2.97. The van der Waals surface area contributed by atoms with Crippen LogP contribution in [0.15, 0.2) is 0 Å². The molecule has 2 aliphatic carbocycles. The van der Waals surface area contributed by atoms with E-state index in [-0.39, 0.29) is 0 Å². The van der Waals surface area contributed by atoms with Crippen molar-refractivity contribution in [1.29, 1.82) is 0 Å². The summed E-state index contributed by atoms with van der Waals surface area (Å²) >= 11 is 5.84. The minimum Gasteiger partial charge on any atom is -0.339 e. The Kier molecular flexibility index (Phi) is 5.15. The normalized spacial score (nSPS) is 22.2. The largest absolute Gasteiger partial charge is 0.339 e. The van der Waals surface area contributed by atoms with Crippen molar-refractivity contribution in [2.24, 2.45) is 5.92 Å². The molecule has 2 saturated carbocycles. The third-order valence-electron chi connectivity index (χ3n) is 4.35. The van der Waals surface area contributed by atoms with Crippen LogP contribution in [0.4, 0.5) is 0 Å². The molecule has 17 heavy (non-hydrogen) atoms. The molecule has 0 spiro atoms. The molecule has 0 aromatic heterocycles. The zero-order valence-electron chi connectivity index (χ0n) is 10.7. The van der Waals surface area contributed by atoms with Crippen LogP contribution in [-0.4, -0.2) is 29.3 Å². The van der Waals surface area contributed by atoms with Crippen LogP contribution in [0.3, 0.4) is 0 Å². The number of halogens is 1. The van der Waals surface area contributed by atoms with Gasteiger partial charge < -0.3 is 4.90 Å². The summed E-state index contributed by atoms with van der Waals surface area (Å²) < 4.78 is 0. The molecule has 0 atom stereocenters. The van der Waals surface area contributed by atoms with Gasteiger partial charge in [0.2, 0.25) is 5.91 Å². The van der Waals surface area contributed by atoms with E-state index in [1.54, 1.807) is 0 Å². The lowest BCUT2D eigenvalue weighted by Crippen LogP contribution is -2.40. The van der Waals surface area contributed by atoms with Crippen molar-refractivity contribution in [1.82, 2.24) is 4.90 Å². The van der Waals surface area contributed by atoms with Crippen molar-refractivity contribution < 1.29 is 4.79 Å². The van der Waals surface area contributed by atoms with Gasteiger partial charge in [0.1, 0.15) is 0 Å². The first-order valence-electron chi connectivity index (χ1n) is 7.16. The number of amides is 1. The molecule has 2 aliphatic rings. The number of carbonyl (C=O) groups excluding carboxylic acids is 1. The lowest BCUT2D eigenvalue weighted by Gasteiger charge is -2.29. The standard InChI is InChI=1S/C14H24ClNO/c15-9-10-16(13-7-3-4-8-13)14(17)11-12-5-1-2-6-12/h12-13H,1-11H2. The van der Waals surface area contributed by atoms with Gasteiger partial charge in [-0.1, -0.05) is 25.7 Å². The second-order valence-corrected chi connectivity index (χ2v) is 5.95. The van der Waals surface area contributed by atoms with Gasteiger partial charge in [0, 0.05) is 24.9 Å². The smallest absolute Gasteiger partial charge is 0.223 e. The summed E-state index contributed by atoms with van der Waals surface area (Å²) in [6.07, 6.45) is 10.8. The fraction of sp³-hybridized carbons (Fsp3) is 0.929. The Balaban J connectivity index is 1.86. The van der Waals surface area contributed by atoms with E-state index < -0.39 is 0 Å². The molecule has 3 heteroatoms. The van der Waals surface area contributed by atoms with Crippen molar-refractivity contribution in [3.63, 3.8) is 0 Å².